The first-order valence-corrected chi connectivity index (χ1v) is 8.00. The van der Waals surface area contributed by atoms with Crippen LogP contribution < -0.4 is 4.74 Å². The summed E-state index contributed by atoms with van der Waals surface area (Å²) in [6.07, 6.45) is 8.86. The monoisotopic (exact) mass is 308 g/mol. The van der Waals surface area contributed by atoms with E-state index in [0.29, 0.717) is 0 Å². The minimum Gasteiger partial charge on any atom is -0.486 e. The van der Waals surface area contributed by atoms with Crippen LogP contribution in [0.2, 0.25) is 0 Å². The minimum atomic E-state index is 0.254. The summed E-state index contributed by atoms with van der Waals surface area (Å²) in [5.74, 6) is 1.04. The maximum absolute atomic E-state index is 6.05. The van der Waals surface area contributed by atoms with E-state index in [0.717, 1.165) is 17.5 Å². The van der Waals surface area contributed by atoms with Gasteiger partial charge in [0.2, 0.25) is 0 Å². The van der Waals surface area contributed by atoms with Gasteiger partial charge in [0.15, 0.2) is 0 Å². The average Bonchev–Trinajstić information content (AvgIpc) is 2.42. The highest BCUT2D eigenvalue weighted by Crippen LogP contribution is 2.33. The molecule has 0 saturated carbocycles. The highest BCUT2D eigenvalue weighted by molar-refractivity contribution is 9.09. The largest absolute Gasteiger partial charge is 0.486 e. The Hall–Kier alpha value is -0.760. The zero-order valence-electron chi connectivity index (χ0n) is 11.0. The molecule has 0 radical (unpaired) electrons. The van der Waals surface area contributed by atoms with Crippen LogP contribution in [0, 0.1) is 0 Å². The van der Waals surface area contributed by atoms with E-state index in [1.165, 1.54) is 36.8 Å². The smallest absolute Gasteiger partial charge is 0.127 e. The van der Waals surface area contributed by atoms with E-state index >= 15 is 0 Å². The van der Waals surface area contributed by atoms with Crippen LogP contribution in [-0.2, 0) is 0 Å². The second-order valence-electron chi connectivity index (χ2n) is 4.83. The van der Waals surface area contributed by atoms with Gasteiger partial charge in [-0.25, -0.2) is 0 Å². The van der Waals surface area contributed by atoms with Crippen LogP contribution in [-0.4, -0.2) is 11.4 Å². The molecule has 0 fully saturated rings. The number of ether oxygens (including phenoxy) is 1. The van der Waals surface area contributed by atoms with Gasteiger partial charge < -0.3 is 4.74 Å². The van der Waals surface area contributed by atoms with E-state index in [1.54, 1.807) is 0 Å². The summed E-state index contributed by atoms with van der Waals surface area (Å²) >= 11 is 3.58. The zero-order valence-corrected chi connectivity index (χ0v) is 12.6. The summed E-state index contributed by atoms with van der Waals surface area (Å²) in [5.41, 5.74) is 2.59. The first-order chi connectivity index (χ1) is 8.85. The normalized spacial score (nSPS) is 17.9. The van der Waals surface area contributed by atoms with Gasteiger partial charge in [0.05, 0.1) is 0 Å². The third-order valence-corrected chi connectivity index (χ3v) is 3.99. The molecule has 1 aliphatic heterocycles. The number of hydrogen-bond donors (Lipinski definition) is 0. The number of fused-ring (bicyclic) bond motifs is 1. The lowest BCUT2D eigenvalue weighted by atomic mass is 9.99. The van der Waals surface area contributed by atoms with Gasteiger partial charge >= 0.3 is 0 Å². The number of hydrogen-bond acceptors (Lipinski definition) is 1. The van der Waals surface area contributed by atoms with Crippen molar-refractivity contribution in [1.82, 2.24) is 0 Å². The van der Waals surface area contributed by atoms with Gasteiger partial charge in [-0.05, 0) is 30.6 Å². The van der Waals surface area contributed by atoms with E-state index in [4.69, 9.17) is 4.74 Å². The molecule has 1 aromatic carbocycles. The maximum Gasteiger partial charge on any atom is 0.127 e. The topological polar surface area (TPSA) is 9.23 Å². The number of rotatable bonds is 6. The Labute approximate surface area is 118 Å². The lowest BCUT2D eigenvalue weighted by Gasteiger charge is -2.25. The fourth-order valence-corrected chi connectivity index (χ4v) is 2.87. The van der Waals surface area contributed by atoms with Crippen LogP contribution in [0.1, 0.15) is 44.6 Å². The van der Waals surface area contributed by atoms with Crippen LogP contribution in [0.4, 0.5) is 0 Å². The molecule has 98 valence electrons. The van der Waals surface area contributed by atoms with E-state index in [1.807, 2.05) is 6.07 Å². The van der Waals surface area contributed by atoms with Crippen LogP contribution >= 0.6 is 15.9 Å². The molecule has 1 atom stereocenters. The van der Waals surface area contributed by atoms with E-state index in [-0.39, 0.29) is 6.10 Å². The lowest BCUT2D eigenvalue weighted by Crippen LogP contribution is -2.19. The van der Waals surface area contributed by atoms with Crippen molar-refractivity contribution in [3.8, 4) is 5.75 Å². The van der Waals surface area contributed by atoms with E-state index < -0.39 is 0 Å². The Morgan fingerprint density at radius 3 is 2.78 bits per heavy atom. The summed E-state index contributed by atoms with van der Waals surface area (Å²) in [6.45, 7) is 2.25. The van der Waals surface area contributed by atoms with Crippen molar-refractivity contribution in [2.24, 2.45) is 0 Å². The third kappa shape index (κ3) is 3.38. The van der Waals surface area contributed by atoms with Crippen LogP contribution in [0.25, 0.3) is 5.57 Å². The van der Waals surface area contributed by atoms with Gasteiger partial charge in [-0.1, -0.05) is 60.3 Å². The summed E-state index contributed by atoms with van der Waals surface area (Å²) in [6, 6.07) is 8.32. The van der Waals surface area contributed by atoms with Crippen LogP contribution in [0.5, 0.6) is 5.75 Å². The van der Waals surface area contributed by atoms with Gasteiger partial charge in [-0.15, -0.1) is 0 Å². The van der Waals surface area contributed by atoms with Crippen molar-refractivity contribution in [3.63, 3.8) is 0 Å². The second kappa shape index (κ2) is 6.98. The predicted molar refractivity (Wildman–Crippen MR) is 81.4 cm³/mol. The first-order valence-electron chi connectivity index (χ1n) is 6.88. The molecule has 0 saturated heterocycles. The molecule has 2 rings (SSSR count). The van der Waals surface area contributed by atoms with Gasteiger partial charge in [0.1, 0.15) is 11.9 Å². The number of allylic oxidation sites excluding steroid dienone is 1. The fourth-order valence-electron chi connectivity index (χ4n) is 2.38. The summed E-state index contributed by atoms with van der Waals surface area (Å²) in [7, 11) is 0. The quantitative estimate of drug-likeness (QED) is 0.518. The molecular weight excluding hydrogens is 288 g/mol. The van der Waals surface area contributed by atoms with Crippen molar-refractivity contribution >= 4 is 21.5 Å². The van der Waals surface area contributed by atoms with Crippen molar-refractivity contribution in [1.29, 1.82) is 0 Å². The summed E-state index contributed by atoms with van der Waals surface area (Å²) in [4.78, 5) is 0. The van der Waals surface area contributed by atoms with E-state index in [9.17, 15) is 0 Å². The van der Waals surface area contributed by atoms with Crippen molar-refractivity contribution in [2.75, 3.05) is 5.33 Å². The fraction of sp³-hybridized carbons (Fsp3) is 0.500. The Bertz CT molecular complexity index is 411. The standard InChI is InChI=1S/C16H21BrO/c1-2-3-4-5-8-14-11-13(12-17)15-9-6-7-10-16(15)18-14/h6-7,9-11,14H,2-5,8,12H2,1H3. The van der Waals surface area contributed by atoms with Gasteiger partial charge in [0, 0.05) is 10.9 Å². The molecule has 18 heavy (non-hydrogen) atoms. The molecule has 0 spiro atoms. The number of alkyl halides is 1. The van der Waals surface area contributed by atoms with E-state index in [2.05, 4.69) is 47.1 Å². The minimum absolute atomic E-state index is 0.254. The summed E-state index contributed by atoms with van der Waals surface area (Å²) in [5, 5.41) is 0.902. The molecule has 0 amide bonds. The van der Waals surface area contributed by atoms with Crippen molar-refractivity contribution in [2.45, 2.75) is 45.1 Å². The maximum atomic E-state index is 6.05. The molecular formula is C16H21BrO. The molecule has 2 heteroatoms. The number of benzene rings is 1. The molecule has 1 heterocycles. The third-order valence-electron chi connectivity index (χ3n) is 3.38. The Balaban J connectivity index is 2.00. The number of para-hydroxylation sites is 1. The molecule has 1 aliphatic rings. The van der Waals surface area contributed by atoms with Crippen molar-refractivity contribution in [3.05, 3.63) is 35.9 Å². The number of halogens is 1. The SMILES string of the molecule is CCCCCCC1C=C(CBr)c2ccccc2O1. The zero-order chi connectivity index (χ0) is 12.8. The first kappa shape index (κ1) is 13.7. The highest BCUT2D eigenvalue weighted by atomic mass is 79.9. The lowest BCUT2D eigenvalue weighted by molar-refractivity contribution is 0.229. The van der Waals surface area contributed by atoms with Gasteiger partial charge in [-0.3, -0.25) is 0 Å². The van der Waals surface area contributed by atoms with Crippen LogP contribution in [0.3, 0.4) is 0 Å². The molecule has 1 aromatic rings. The Morgan fingerprint density at radius 1 is 1.17 bits per heavy atom. The van der Waals surface area contributed by atoms with Gasteiger partial charge in [-0.2, -0.15) is 0 Å². The predicted octanol–water partition coefficient (Wildman–Crippen LogP) is 5.20. The Morgan fingerprint density at radius 2 is 2.00 bits per heavy atom. The highest BCUT2D eigenvalue weighted by Gasteiger charge is 2.18. The average molecular weight is 309 g/mol. The molecule has 1 unspecified atom stereocenters. The second-order valence-corrected chi connectivity index (χ2v) is 5.39. The Kier molecular flexibility index (Phi) is 5.30. The van der Waals surface area contributed by atoms with Gasteiger partial charge in [0.25, 0.3) is 0 Å². The summed E-state index contributed by atoms with van der Waals surface area (Å²) < 4.78 is 6.05. The number of unbranched alkanes of at least 4 members (excludes halogenated alkanes) is 3. The van der Waals surface area contributed by atoms with Crippen molar-refractivity contribution < 1.29 is 4.74 Å². The molecule has 0 aliphatic carbocycles. The molecule has 0 N–H and O–H groups in total. The molecule has 0 bridgehead atoms. The molecule has 0 aromatic heterocycles. The van der Waals surface area contributed by atoms with Crippen LogP contribution in [0.15, 0.2) is 30.3 Å². The molecule has 1 nitrogen and oxygen atoms in total.